The molecule has 0 atom stereocenters. The lowest BCUT2D eigenvalue weighted by Crippen LogP contribution is -2.23. The van der Waals surface area contributed by atoms with E-state index >= 15 is 0 Å². The number of pyridine rings is 1. The summed E-state index contributed by atoms with van der Waals surface area (Å²) in [6, 6.07) is 10.6. The zero-order valence-electron chi connectivity index (χ0n) is 15.4. The fourth-order valence-corrected chi connectivity index (χ4v) is 4.47. The van der Waals surface area contributed by atoms with Crippen molar-refractivity contribution in [2.45, 2.75) is 56.4 Å². The summed E-state index contributed by atoms with van der Waals surface area (Å²) in [5.41, 5.74) is 1.94. The number of carbonyl (C=O) groups is 1. The van der Waals surface area contributed by atoms with Gasteiger partial charge >= 0.3 is 0 Å². The van der Waals surface area contributed by atoms with E-state index in [4.69, 9.17) is 0 Å². The molecular formula is C20H25N3O3S. The van der Waals surface area contributed by atoms with Gasteiger partial charge in [0.2, 0.25) is 15.9 Å². The summed E-state index contributed by atoms with van der Waals surface area (Å²) >= 11 is 0. The second-order valence-corrected chi connectivity index (χ2v) is 8.73. The summed E-state index contributed by atoms with van der Waals surface area (Å²) < 4.78 is 27.7. The highest BCUT2D eigenvalue weighted by atomic mass is 32.2. The van der Waals surface area contributed by atoms with Crippen LogP contribution in [-0.2, 0) is 21.4 Å². The zero-order valence-corrected chi connectivity index (χ0v) is 16.3. The Bertz CT molecular complexity index is 889. The van der Waals surface area contributed by atoms with E-state index in [-0.39, 0.29) is 17.3 Å². The number of amides is 1. The van der Waals surface area contributed by atoms with Gasteiger partial charge < -0.3 is 5.32 Å². The minimum atomic E-state index is -3.60. The molecule has 0 aliphatic heterocycles. The number of anilines is 1. The SMILES string of the molecule is CC(=O)Nc1cc(CNS(=O)(=O)c2ccc(C3CCCCC3)cc2)ccn1. The van der Waals surface area contributed by atoms with E-state index in [1.54, 1.807) is 24.3 Å². The smallest absolute Gasteiger partial charge is 0.240 e. The van der Waals surface area contributed by atoms with Gasteiger partial charge in [-0.15, -0.1) is 0 Å². The molecule has 1 aromatic heterocycles. The number of carbonyl (C=O) groups excluding carboxylic acids is 1. The molecule has 0 unspecified atom stereocenters. The van der Waals surface area contributed by atoms with Crippen LogP contribution < -0.4 is 10.0 Å². The van der Waals surface area contributed by atoms with Crippen molar-refractivity contribution in [2.75, 3.05) is 5.32 Å². The van der Waals surface area contributed by atoms with Gasteiger partial charge in [-0.2, -0.15) is 0 Å². The zero-order chi connectivity index (χ0) is 19.3. The molecule has 3 rings (SSSR count). The maximum absolute atomic E-state index is 12.6. The average molecular weight is 388 g/mol. The van der Waals surface area contributed by atoms with Gasteiger partial charge in [0.1, 0.15) is 5.82 Å². The van der Waals surface area contributed by atoms with Gasteiger partial charge in [0.25, 0.3) is 0 Å². The largest absolute Gasteiger partial charge is 0.311 e. The van der Waals surface area contributed by atoms with Crippen LogP contribution in [0.3, 0.4) is 0 Å². The third kappa shape index (κ3) is 5.37. The van der Waals surface area contributed by atoms with Crippen molar-refractivity contribution in [3.8, 4) is 0 Å². The predicted octanol–water partition coefficient (Wildman–Crippen LogP) is 3.57. The molecule has 27 heavy (non-hydrogen) atoms. The second-order valence-electron chi connectivity index (χ2n) is 6.96. The van der Waals surface area contributed by atoms with E-state index in [2.05, 4.69) is 15.0 Å². The standard InChI is InChI=1S/C20H25N3O3S/c1-15(24)23-20-13-16(11-12-21-20)14-22-27(25,26)19-9-7-18(8-10-19)17-5-3-2-4-6-17/h7-13,17,22H,2-6,14H2,1H3,(H,21,23,24). The molecule has 1 amide bonds. The Morgan fingerprint density at radius 2 is 1.81 bits per heavy atom. The molecule has 0 radical (unpaired) electrons. The van der Waals surface area contributed by atoms with Gasteiger partial charge in [-0.05, 0) is 54.2 Å². The molecule has 0 spiro atoms. The monoisotopic (exact) mass is 387 g/mol. The van der Waals surface area contributed by atoms with Crippen LogP contribution >= 0.6 is 0 Å². The van der Waals surface area contributed by atoms with Gasteiger partial charge in [-0.25, -0.2) is 18.1 Å². The van der Waals surface area contributed by atoms with E-state index in [1.165, 1.54) is 50.8 Å². The number of rotatable bonds is 6. The van der Waals surface area contributed by atoms with Crippen molar-refractivity contribution in [3.05, 3.63) is 53.7 Å². The Kier molecular flexibility index (Phi) is 6.23. The van der Waals surface area contributed by atoms with Crippen LogP contribution in [-0.4, -0.2) is 19.3 Å². The summed E-state index contributed by atoms with van der Waals surface area (Å²) in [6.07, 6.45) is 7.70. The Morgan fingerprint density at radius 3 is 2.48 bits per heavy atom. The third-order valence-corrected chi connectivity index (χ3v) is 6.28. The van der Waals surface area contributed by atoms with Crippen LogP contribution in [0.2, 0.25) is 0 Å². The van der Waals surface area contributed by atoms with E-state index < -0.39 is 10.0 Å². The van der Waals surface area contributed by atoms with Gasteiger partial charge in [0.05, 0.1) is 4.90 Å². The highest BCUT2D eigenvalue weighted by Crippen LogP contribution is 2.32. The lowest BCUT2D eigenvalue weighted by Gasteiger charge is -2.22. The van der Waals surface area contributed by atoms with Crippen molar-refractivity contribution in [3.63, 3.8) is 0 Å². The second kappa shape index (κ2) is 8.63. The number of sulfonamides is 1. The predicted molar refractivity (Wildman–Crippen MR) is 105 cm³/mol. The highest BCUT2D eigenvalue weighted by Gasteiger charge is 2.18. The first-order chi connectivity index (χ1) is 12.9. The molecule has 144 valence electrons. The van der Waals surface area contributed by atoms with Gasteiger partial charge in [0.15, 0.2) is 0 Å². The van der Waals surface area contributed by atoms with E-state index in [0.717, 1.165) is 5.56 Å². The molecule has 6 nitrogen and oxygen atoms in total. The molecular weight excluding hydrogens is 362 g/mol. The lowest BCUT2D eigenvalue weighted by molar-refractivity contribution is -0.114. The van der Waals surface area contributed by atoms with Crippen molar-refractivity contribution >= 4 is 21.7 Å². The maximum Gasteiger partial charge on any atom is 0.240 e. The van der Waals surface area contributed by atoms with Crippen molar-refractivity contribution in [2.24, 2.45) is 0 Å². The molecule has 0 bridgehead atoms. The molecule has 2 N–H and O–H groups in total. The Morgan fingerprint density at radius 1 is 1.11 bits per heavy atom. The minimum Gasteiger partial charge on any atom is -0.311 e. The summed E-state index contributed by atoms with van der Waals surface area (Å²) in [4.78, 5) is 15.4. The molecule has 1 saturated carbocycles. The first-order valence-corrected chi connectivity index (χ1v) is 10.7. The molecule has 1 aliphatic rings. The molecule has 7 heteroatoms. The number of nitrogens with one attached hydrogen (secondary N) is 2. The van der Waals surface area contributed by atoms with Gasteiger partial charge in [-0.1, -0.05) is 31.4 Å². The Labute approximate surface area is 160 Å². The summed E-state index contributed by atoms with van der Waals surface area (Å²) in [5.74, 6) is 0.724. The maximum atomic E-state index is 12.6. The minimum absolute atomic E-state index is 0.127. The van der Waals surface area contributed by atoms with Crippen LogP contribution in [0.4, 0.5) is 5.82 Å². The van der Waals surface area contributed by atoms with Gasteiger partial charge in [0, 0.05) is 19.7 Å². The number of hydrogen-bond acceptors (Lipinski definition) is 4. The third-order valence-electron chi connectivity index (χ3n) is 4.86. The topological polar surface area (TPSA) is 88.2 Å². The number of hydrogen-bond donors (Lipinski definition) is 2. The molecule has 1 aromatic carbocycles. The van der Waals surface area contributed by atoms with Crippen molar-refractivity contribution in [1.82, 2.24) is 9.71 Å². The number of benzene rings is 1. The normalized spacial score (nSPS) is 15.4. The molecule has 2 aromatic rings. The number of aromatic nitrogens is 1. The first-order valence-electron chi connectivity index (χ1n) is 9.26. The van der Waals surface area contributed by atoms with E-state index in [9.17, 15) is 13.2 Å². The molecule has 0 saturated heterocycles. The summed E-state index contributed by atoms with van der Waals surface area (Å²) in [7, 11) is -3.60. The number of nitrogens with zero attached hydrogens (tertiary/aromatic N) is 1. The van der Waals surface area contributed by atoms with E-state index in [0.29, 0.717) is 11.7 Å². The van der Waals surface area contributed by atoms with E-state index in [1.807, 2.05) is 12.1 Å². The van der Waals surface area contributed by atoms with Gasteiger partial charge in [-0.3, -0.25) is 4.79 Å². The van der Waals surface area contributed by atoms with Crippen LogP contribution in [0.15, 0.2) is 47.5 Å². The van der Waals surface area contributed by atoms with Crippen molar-refractivity contribution in [1.29, 1.82) is 0 Å². The quantitative estimate of drug-likeness (QED) is 0.793. The average Bonchev–Trinajstić information content (AvgIpc) is 2.67. The fourth-order valence-electron chi connectivity index (χ4n) is 3.45. The molecule has 1 aliphatic carbocycles. The van der Waals surface area contributed by atoms with Crippen LogP contribution in [0.5, 0.6) is 0 Å². The highest BCUT2D eigenvalue weighted by molar-refractivity contribution is 7.89. The van der Waals surface area contributed by atoms with Crippen LogP contribution in [0.25, 0.3) is 0 Å². The Hall–Kier alpha value is -2.25. The summed E-state index contributed by atoms with van der Waals surface area (Å²) in [5, 5.41) is 2.58. The van der Waals surface area contributed by atoms with Crippen LogP contribution in [0.1, 0.15) is 56.1 Å². The first kappa shape index (κ1) is 19.5. The molecule has 1 fully saturated rings. The molecule has 1 heterocycles. The lowest BCUT2D eigenvalue weighted by atomic mass is 9.84. The fraction of sp³-hybridized carbons (Fsp3) is 0.400. The van der Waals surface area contributed by atoms with Crippen molar-refractivity contribution < 1.29 is 13.2 Å². The Balaban J connectivity index is 1.65. The van der Waals surface area contributed by atoms with Crippen LogP contribution in [0, 0.1) is 0 Å². The summed E-state index contributed by atoms with van der Waals surface area (Å²) in [6.45, 7) is 1.52.